The first-order valence-electron chi connectivity index (χ1n) is 1.65. The zero-order valence-corrected chi connectivity index (χ0v) is 3.53. The Morgan fingerprint density at radius 2 is 2.25 bits per heavy atom. The maximum Gasteiger partial charge on any atom is 0.294 e. The highest BCUT2D eigenvalue weighted by Crippen LogP contribution is 1.69. The maximum atomic E-state index is 9.23. The van der Waals surface area contributed by atoms with Crippen molar-refractivity contribution in [2.24, 2.45) is 0 Å². The minimum Gasteiger partial charge on any atom is -0.394 e. The van der Waals surface area contributed by atoms with Crippen LogP contribution in [0.3, 0.4) is 0 Å². The molecule has 1 N–H and O–H groups in total. The van der Waals surface area contributed by atoms with Crippen LogP contribution in [0.25, 0.3) is 0 Å². The predicted octanol–water partition coefficient (Wildman–Crippen LogP) is -2.00. The lowest BCUT2D eigenvalue weighted by Crippen LogP contribution is -2.04. The molecular formula is C2H8AlNO4. The maximum absolute atomic E-state index is 9.23. The second-order valence-corrected chi connectivity index (χ2v) is 0.780. The van der Waals surface area contributed by atoms with E-state index in [-0.39, 0.29) is 30.6 Å². The monoisotopic (exact) mass is 137 g/mol. The van der Waals surface area contributed by atoms with Gasteiger partial charge in [0.2, 0.25) is 0 Å². The van der Waals surface area contributed by atoms with Gasteiger partial charge in [-0.15, -0.1) is 10.1 Å². The summed E-state index contributed by atoms with van der Waals surface area (Å²) in [6, 6.07) is 0. The molecule has 0 amide bonds. The highest BCUT2D eigenvalue weighted by molar-refractivity contribution is 5.75. The van der Waals surface area contributed by atoms with Crippen molar-refractivity contribution in [1.82, 2.24) is 0 Å². The Morgan fingerprint density at radius 1 is 1.75 bits per heavy atom. The Morgan fingerprint density at radius 3 is 2.38 bits per heavy atom. The van der Waals surface area contributed by atoms with Gasteiger partial charge in [0.1, 0.15) is 6.61 Å². The van der Waals surface area contributed by atoms with Crippen molar-refractivity contribution in [1.29, 1.82) is 0 Å². The minimum atomic E-state index is -0.948. The molecule has 0 atom stereocenters. The van der Waals surface area contributed by atoms with Crippen LogP contribution < -0.4 is 0 Å². The molecule has 0 heterocycles. The van der Waals surface area contributed by atoms with Crippen LogP contribution in [0.4, 0.5) is 0 Å². The number of rotatable bonds is 3. The van der Waals surface area contributed by atoms with Gasteiger partial charge in [-0.1, -0.05) is 0 Å². The van der Waals surface area contributed by atoms with Gasteiger partial charge in [0.25, 0.3) is 5.09 Å². The summed E-state index contributed by atoms with van der Waals surface area (Å²) in [6.45, 7) is -0.562. The molecule has 0 aliphatic heterocycles. The van der Waals surface area contributed by atoms with Crippen molar-refractivity contribution in [3.63, 3.8) is 0 Å². The minimum absolute atomic E-state index is 0. The molecule has 0 bridgehead atoms. The smallest absolute Gasteiger partial charge is 0.294 e. The molecule has 5 nitrogen and oxygen atoms in total. The third kappa shape index (κ3) is 9.19. The van der Waals surface area contributed by atoms with E-state index in [9.17, 15) is 10.1 Å². The molecule has 6 heteroatoms. The molecule has 0 saturated carbocycles. The van der Waals surface area contributed by atoms with Gasteiger partial charge in [-0.25, -0.2) is 0 Å². The lowest BCUT2D eigenvalue weighted by molar-refractivity contribution is -0.758. The molecule has 48 valence electrons. The fourth-order valence-electron chi connectivity index (χ4n) is 0.115. The Bertz CT molecular complexity index is 67.1. The molecule has 0 aromatic heterocycles. The molecule has 0 aromatic rings. The molecule has 0 fully saturated rings. The molecule has 0 aromatic carbocycles. The molecule has 0 rings (SSSR count). The summed E-state index contributed by atoms with van der Waals surface area (Å²) in [5.74, 6) is 0. The van der Waals surface area contributed by atoms with E-state index in [1.165, 1.54) is 0 Å². The van der Waals surface area contributed by atoms with Crippen LogP contribution in [0.5, 0.6) is 0 Å². The fourth-order valence-corrected chi connectivity index (χ4v) is 0.115. The van der Waals surface area contributed by atoms with Gasteiger partial charge < -0.3 is 9.94 Å². The quantitative estimate of drug-likeness (QED) is 0.277. The second kappa shape index (κ2) is 6.69. The van der Waals surface area contributed by atoms with Crippen molar-refractivity contribution in [3.8, 4) is 0 Å². The molecule has 0 aliphatic carbocycles. The van der Waals surface area contributed by atoms with Gasteiger partial charge in [-0.3, -0.25) is 0 Å². The van der Waals surface area contributed by atoms with Gasteiger partial charge in [-0.05, 0) is 0 Å². The molecular weight excluding hydrogens is 129 g/mol. The van der Waals surface area contributed by atoms with E-state index in [1.807, 2.05) is 0 Å². The molecule has 0 unspecified atom stereocenters. The Labute approximate surface area is 56.5 Å². The summed E-state index contributed by atoms with van der Waals surface area (Å²) < 4.78 is 0. The summed E-state index contributed by atoms with van der Waals surface area (Å²) >= 11 is 0. The first-order chi connectivity index (χ1) is 3.27. The molecule has 8 heavy (non-hydrogen) atoms. The average molecular weight is 137 g/mol. The van der Waals surface area contributed by atoms with Crippen LogP contribution in [0.1, 0.15) is 0 Å². The molecule has 0 aliphatic rings. The van der Waals surface area contributed by atoms with E-state index in [2.05, 4.69) is 4.84 Å². The Kier molecular flexibility index (Phi) is 8.89. The molecule has 0 saturated heterocycles. The second-order valence-electron chi connectivity index (χ2n) is 0.780. The Balaban J connectivity index is 0. The number of nitrogens with zero attached hydrogens (tertiary/aromatic N) is 1. The zero-order valence-electron chi connectivity index (χ0n) is 3.53. The zero-order chi connectivity index (χ0) is 5.70. The van der Waals surface area contributed by atoms with Crippen molar-refractivity contribution >= 4 is 17.4 Å². The lowest BCUT2D eigenvalue weighted by atomic mass is 10.8. The van der Waals surface area contributed by atoms with E-state index < -0.39 is 5.09 Å². The van der Waals surface area contributed by atoms with Crippen LogP contribution in [0, 0.1) is 10.1 Å². The van der Waals surface area contributed by atoms with Crippen molar-refractivity contribution in [2.75, 3.05) is 13.2 Å². The fraction of sp³-hybridized carbons (Fsp3) is 1.00. The normalized spacial score (nSPS) is 7.12. The summed E-state index contributed by atoms with van der Waals surface area (Å²) in [7, 11) is 0. The highest BCUT2D eigenvalue weighted by atomic mass is 27.0. The van der Waals surface area contributed by atoms with E-state index in [1.54, 1.807) is 0 Å². The van der Waals surface area contributed by atoms with E-state index in [4.69, 9.17) is 5.11 Å². The number of hydrogen-bond acceptors (Lipinski definition) is 4. The SMILES string of the molecule is O=[N+]([O-])OCCO.[AlH3]. The van der Waals surface area contributed by atoms with E-state index in [0.717, 1.165) is 0 Å². The Hall–Kier alpha value is -0.308. The van der Waals surface area contributed by atoms with Crippen LogP contribution in [0.15, 0.2) is 0 Å². The molecule has 0 radical (unpaired) electrons. The highest BCUT2D eigenvalue weighted by Gasteiger charge is 1.88. The number of hydrogen-bond donors (Lipinski definition) is 1. The number of aliphatic hydroxyl groups excluding tert-OH is 1. The van der Waals surface area contributed by atoms with Gasteiger partial charge in [-0.2, -0.15) is 0 Å². The third-order valence-corrected chi connectivity index (χ3v) is 0.288. The van der Waals surface area contributed by atoms with Crippen molar-refractivity contribution in [3.05, 3.63) is 10.1 Å². The third-order valence-electron chi connectivity index (χ3n) is 0.288. The van der Waals surface area contributed by atoms with Crippen LogP contribution >= 0.6 is 0 Å². The standard InChI is InChI=1S/C2H5NO4.Al.3H/c4-1-2-7-3(5)6;;;;/h4H,1-2H2;;;;. The summed E-state index contributed by atoms with van der Waals surface area (Å²) in [4.78, 5) is 12.9. The van der Waals surface area contributed by atoms with Gasteiger partial charge in [0.15, 0.2) is 17.4 Å². The van der Waals surface area contributed by atoms with Gasteiger partial charge >= 0.3 is 0 Å². The topological polar surface area (TPSA) is 72.6 Å². The van der Waals surface area contributed by atoms with Crippen LogP contribution in [-0.2, 0) is 4.84 Å². The van der Waals surface area contributed by atoms with Gasteiger partial charge in [0, 0.05) is 0 Å². The van der Waals surface area contributed by atoms with Gasteiger partial charge in [0.05, 0.1) is 6.61 Å². The first-order valence-corrected chi connectivity index (χ1v) is 1.65. The van der Waals surface area contributed by atoms with Crippen LogP contribution in [0.2, 0.25) is 0 Å². The van der Waals surface area contributed by atoms with Crippen molar-refractivity contribution < 1.29 is 15.0 Å². The molecule has 0 spiro atoms. The largest absolute Gasteiger partial charge is 0.394 e. The lowest BCUT2D eigenvalue weighted by Gasteiger charge is -1.88. The van der Waals surface area contributed by atoms with Crippen LogP contribution in [-0.4, -0.2) is 40.8 Å². The summed E-state index contributed by atoms with van der Waals surface area (Å²) in [5.41, 5.74) is 0. The summed E-state index contributed by atoms with van der Waals surface area (Å²) in [5, 5.41) is 16.2. The number of aliphatic hydroxyl groups is 1. The summed E-state index contributed by atoms with van der Waals surface area (Å²) in [6.07, 6.45) is 0. The van der Waals surface area contributed by atoms with E-state index >= 15 is 0 Å². The van der Waals surface area contributed by atoms with Crippen molar-refractivity contribution in [2.45, 2.75) is 0 Å². The predicted molar refractivity (Wildman–Crippen MR) is 30.0 cm³/mol. The first kappa shape index (κ1) is 10.6. The van der Waals surface area contributed by atoms with E-state index in [0.29, 0.717) is 0 Å². The average Bonchev–Trinajstić information content (AvgIpc) is 1.61.